The maximum atomic E-state index is 12.6. The molecule has 1 fully saturated rings. The first-order chi connectivity index (χ1) is 11.3. The third-order valence-electron chi connectivity index (χ3n) is 4.56. The molecule has 1 aliphatic carbocycles. The number of aryl methyl sites for hydroxylation is 1. The maximum absolute atomic E-state index is 12.6. The van der Waals surface area contributed by atoms with Gasteiger partial charge in [-0.3, -0.25) is 4.79 Å². The van der Waals surface area contributed by atoms with Crippen molar-refractivity contribution >= 4 is 15.7 Å². The molecule has 1 N–H and O–H groups in total. The maximum Gasteiger partial charge on any atom is 0.230 e. The second kappa shape index (κ2) is 6.06. The lowest BCUT2D eigenvalue weighted by molar-refractivity contribution is -0.123. The highest BCUT2D eigenvalue weighted by Crippen LogP contribution is 2.48. The molecule has 0 saturated heterocycles. The number of hydrogen-bond acceptors (Lipinski definition) is 3. The Bertz CT molecular complexity index is 866. The fraction of sp³-hybridized carbons (Fsp3) is 0.316. The standard InChI is InChI=1S/C19H21NO3S/c1-14-4-3-5-16(12-14)19(10-11-19)18(21)20-13-15-6-8-17(9-7-15)24(2,22)23/h3-9,12H,10-11,13H2,1-2H3,(H,20,21). The summed E-state index contributed by atoms with van der Waals surface area (Å²) >= 11 is 0. The van der Waals surface area contributed by atoms with E-state index >= 15 is 0 Å². The molecule has 4 nitrogen and oxygen atoms in total. The lowest BCUT2D eigenvalue weighted by Crippen LogP contribution is -2.34. The average molecular weight is 343 g/mol. The van der Waals surface area contributed by atoms with Crippen molar-refractivity contribution in [1.82, 2.24) is 5.32 Å². The Morgan fingerprint density at radius 3 is 2.33 bits per heavy atom. The number of nitrogens with one attached hydrogen (secondary N) is 1. The first kappa shape index (κ1) is 16.7. The number of carbonyl (C=O) groups excluding carboxylic acids is 1. The van der Waals surface area contributed by atoms with E-state index in [4.69, 9.17) is 0 Å². The summed E-state index contributed by atoms with van der Waals surface area (Å²) in [5.74, 6) is 0.0419. The number of sulfone groups is 1. The zero-order valence-corrected chi connectivity index (χ0v) is 14.7. The van der Waals surface area contributed by atoms with Gasteiger partial charge in [0.1, 0.15) is 0 Å². The zero-order chi connectivity index (χ0) is 17.4. The normalized spacial score (nSPS) is 15.8. The van der Waals surface area contributed by atoms with Crippen molar-refractivity contribution in [2.45, 2.75) is 36.6 Å². The van der Waals surface area contributed by atoms with Crippen molar-refractivity contribution in [1.29, 1.82) is 0 Å². The van der Waals surface area contributed by atoms with Gasteiger partial charge in [0.15, 0.2) is 9.84 Å². The Labute approximate surface area is 142 Å². The molecule has 1 aliphatic rings. The predicted octanol–water partition coefficient (Wildman–Crippen LogP) is 2.75. The van der Waals surface area contributed by atoms with Crippen LogP contribution in [0.2, 0.25) is 0 Å². The molecule has 0 aromatic heterocycles. The van der Waals surface area contributed by atoms with Crippen LogP contribution in [-0.2, 0) is 26.6 Å². The Morgan fingerprint density at radius 1 is 1.12 bits per heavy atom. The van der Waals surface area contributed by atoms with E-state index in [1.807, 2.05) is 25.1 Å². The largest absolute Gasteiger partial charge is 0.351 e. The summed E-state index contributed by atoms with van der Waals surface area (Å²) in [6.45, 7) is 2.43. The number of carbonyl (C=O) groups is 1. The molecule has 0 heterocycles. The Balaban J connectivity index is 1.68. The third kappa shape index (κ3) is 3.36. The number of amides is 1. The van der Waals surface area contributed by atoms with Crippen LogP contribution in [-0.4, -0.2) is 20.6 Å². The number of benzene rings is 2. The summed E-state index contributed by atoms with van der Waals surface area (Å²) < 4.78 is 22.9. The second-order valence-electron chi connectivity index (χ2n) is 6.55. The minimum absolute atomic E-state index is 0.0419. The quantitative estimate of drug-likeness (QED) is 0.908. The first-order valence-corrected chi connectivity index (χ1v) is 9.85. The highest BCUT2D eigenvalue weighted by molar-refractivity contribution is 7.90. The molecular weight excluding hydrogens is 322 g/mol. The van der Waals surface area contributed by atoms with Crippen LogP contribution >= 0.6 is 0 Å². The summed E-state index contributed by atoms with van der Waals surface area (Å²) in [7, 11) is -3.19. The van der Waals surface area contributed by atoms with E-state index < -0.39 is 15.3 Å². The van der Waals surface area contributed by atoms with E-state index in [-0.39, 0.29) is 10.8 Å². The molecular formula is C19H21NO3S. The van der Waals surface area contributed by atoms with Crippen LogP contribution in [0.3, 0.4) is 0 Å². The van der Waals surface area contributed by atoms with Gasteiger partial charge in [0.2, 0.25) is 5.91 Å². The van der Waals surface area contributed by atoms with Gasteiger partial charge in [-0.25, -0.2) is 8.42 Å². The van der Waals surface area contributed by atoms with Crippen molar-refractivity contribution in [2.24, 2.45) is 0 Å². The van der Waals surface area contributed by atoms with E-state index in [2.05, 4.69) is 11.4 Å². The van der Waals surface area contributed by atoms with Gasteiger partial charge in [0.25, 0.3) is 0 Å². The smallest absolute Gasteiger partial charge is 0.230 e. The van der Waals surface area contributed by atoms with Gasteiger partial charge < -0.3 is 5.32 Å². The molecule has 3 rings (SSSR count). The zero-order valence-electron chi connectivity index (χ0n) is 13.9. The van der Waals surface area contributed by atoms with E-state index in [9.17, 15) is 13.2 Å². The van der Waals surface area contributed by atoms with Gasteiger partial charge in [-0.1, -0.05) is 42.0 Å². The van der Waals surface area contributed by atoms with E-state index in [0.29, 0.717) is 6.54 Å². The molecule has 0 unspecified atom stereocenters. The van der Waals surface area contributed by atoms with Crippen molar-refractivity contribution in [2.75, 3.05) is 6.26 Å². The van der Waals surface area contributed by atoms with Crippen LogP contribution in [0, 0.1) is 6.92 Å². The van der Waals surface area contributed by atoms with Crippen molar-refractivity contribution in [3.8, 4) is 0 Å². The van der Waals surface area contributed by atoms with E-state index in [1.54, 1.807) is 24.3 Å². The van der Waals surface area contributed by atoms with Crippen LogP contribution in [0.15, 0.2) is 53.4 Å². The third-order valence-corrected chi connectivity index (χ3v) is 5.69. The second-order valence-corrected chi connectivity index (χ2v) is 8.57. The minimum Gasteiger partial charge on any atom is -0.351 e. The Hall–Kier alpha value is -2.14. The van der Waals surface area contributed by atoms with Crippen molar-refractivity contribution < 1.29 is 13.2 Å². The van der Waals surface area contributed by atoms with Crippen molar-refractivity contribution in [3.63, 3.8) is 0 Å². The molecule has 0 bridgehead atoms. The molecule has 1 amide bonds. The monoisotopic (exact) mass is 343 g/mol. The number of hydrogen-bond donors (Lipinski definition) is 1. The summed E-state index contributed by atoms with van der Waals surface area (Å²) in [5, 5.41) is 2.99. The van der Waals surface area contributed by atoms with Gasteiger partial charge in [-0.15, -0.1) is 0 Å². The summed E-state index contributed by atoms with van der Waals surface area (Å²) in [6, 6.07) is 14.7. The molecule has 0 radical (unpaired) electrons. The van der Waals surface area contributed by atoms with Gasteiger partial charge in [0, 0.05) is 12.8 Å². The number of rotatable bonds is 5. The average Bonchev–Trinajstić information content (AvgIpc) is 3.34. The minimum atomic E-state index is -3.19. The summed E-state index contributed by atoms with van der Waals surface area (Å²) in [6.07, 6.45) is 2.92. The van der Waals surface area contributed by atoms with Gasteiger partial charge in [0.05, 0.1) is 10.3 Å². The SMILES string of the molecule is Cc1cccc(C2(C(=O)NCc3ccc(S(C)(=O)=O)cc3)CC2)c1. The van der Waals surface area contributed by atoms with E-state index in [0.717, 1.165) is 29.5 Å². The summed E-state index contributed by atoms with van der Waals surface area (Å²) in [4.78, 5) is 12.9. The first-order valence-electron chi connectivity index (χ1n) is 7.96. The summed E-state index contributed by atoms with van der Waals surface area (Å²) in [5.41, 5.74) is 2.73. The molecule has 2 aromatic rings. The molecule has 2 aromatic carbocycles. The van der Waals surface area contributed by atoms with Crippen molar-refractivity contribution in [3.05, 3.63) is 65.2 Å². The Kier molecular flexibility index (Phi) is 4.22. The lowest BCUT2D eigenvalue weighted by Gasteiger charge is -2.16. The predicted molar refractivity (Wildman–Crippen MR) is 93.5 cm³/mol. The molecule has 0 spiro atoms. The van der Waals surface area contributed by atoms with Gasteiger partial charge >= 0.3 is 0 Å². The van der Waals surface area contributed by atoms with Crippen LogP contribution in [0.25, 0.3) is 0 Å². The van der Waals surface area contributed by atoms with Crippen LogP contribution in [0.5, 0.6) is 0 Å². The topological polar surface area (TPSA) is 63.2 Å². The van der Waals surface area contributed by atoms with Gasteiger partial charge in [-0.05, 0) is 43.0 Å². The molecule has 24 heavy (non-hydrogen) atoms. The fourth-order valence-electron chi connectivity index (χ4n) is 2.92. The molecule has 0 aliphatic heterocycles. The molecule has 126 valence electrons. The molecule has 1 saturated carbocycles. The highest BCUT2D eigenvalue weighted by Gasteiger charge is 2.51. The fourth-order valence-corrected chi connectivity index (χ4v) is 3.55. The highest BCUT2D eigenvalue weighted by atomic mass is 32.2. The van der Waals surface area contributed by atoms with Crippen LogP contribution in [0.4, 0.5) is 0 Å². The molecule has 5 heteroatoms. The van der Waals surface area contributed by atoms with Gasteiger partial charge in [-0.2, -0.15) is 0 Å². The lowest BCUT2D eigenvalue weighted by atomic mass is 9.93. The molecule has 0 atom stereocenters. The van der Waals surface area contributed by atoms with E-state index in [1.165, 1.54) is 6.26 Å². The Morgan fingerprint density at radius 2 is 1.79 bits per heavy atom. The van der Waals surface area contributed by atoms with Crippen LogP contribution < -0.4 is 5.32 Å². The van der Waals surface area contributed by atoms with Crippen LogP contribution in [0.1, 0.15) is 29.5 Å².